The summed E-state index contributed by atoms with van der Waals surface area (Å²) in [5.41, 5.74) is 6.48. The van der Waals surface area contributed by atoms with E-state index in [-0.39, 0.29) is 24.7 Å². The first-order valence-corrected chi connectivity index (χ1v) is 8.55. The van der Waals surface area contributed by atoms with E-state index in [1.165, 1.54) is 11.3 Å². The molecule has 2 rings (SSSR count). The number of likely N-dealkylation sites (N-methyl/N-ethyl adjacent to an activating group) is 1. The number of amides is 4. The Hall–Kier alpha value is -2.87. The van der Waals surface area contributed by atoms with Gasteiger partial charge in [0.25, 0.3) is 0 Å². The molecule has 0 aliphatic heterocycles. The Kier molecular flexibility index (Phi) is 6.53. The number of nitrogens with two attached hydrogens (primary N) is 1. The minimum absolute atomic E-state index is 0.0394. The van der Waals surface area contributed by atoms with Crippen molar-refractivity contribution in [1.82, 2.24) is 10.6 Å². The van der Waals surface area contributed by atoms with E-state index in [0.717, 1.165) is 4.88 Å². The van der Waals surface area contributed by atoms with Gasteiger partial charge in [-0.25, -0.2) is 4.79 Å². The van der Waals surface area contributed by atoms with Gasteiger partial charge in [-0.1, -0.05) is 24.3 Å². The van der Waals surface area contributed by atoms with Crippen LogP contribution in [0.15, 0.2) is 41.8 Å². The molecule has 132 valence electrons. The van der Waals surface area contributed by atoms with Crippen LogP contribution in [0.1, 0.15) is 22.9 Å². The molecule has 1 aromatic heterocycles. The predicted octanol–water partition coefficient (Wildman–Crippen LogP) is 1.77. The summed E-state index contributed by atoms with van der Waals surface area (Å²) in [4.78, 5) is 36.0. The molecule has 2 aromatic rings. The number of hydrogen-bond acceptors (Lipinski definition) is 4. The average molecular weight is 360 g/mol. The number of carbonyl (C=O) groups is 3. The van der Waals surface area contributed by atoms with Gasteiger partial charge in [-0.15, -0.1) is 11.3 Å². The van der Waals surface area contributed by atoms with Crippen LogP contribution in [0.2, 0.25) is 0 Å². The van der Waals surface area contributed by atoms with Gasteiger partial charge in [0.15, 0.2) is 0 Å². The second-order valence-corrected chi connectivity index (χ2v) is 6.32. The van der Waals surface area contributed by atoms with E-state index in [2.05, 4.69) is 16.0 Å². The van der Waals surface area contributed by atoms with E-state index in [1.54, 1.807) is 31.3 Å². The maximum atomic E-state index is 12.4. The first kappa shape index (κ1) is 18.5. The summed E-state index contributed by atoms with van der Waals surface area (Å²) in [6.45, 7) is 0. The summed E-state index contributed by atoms with van der Waals surface area (Å²) in [5, 5.41) is 9.80. The number of anilines is 1. The van der Waals surface area contributed by atoms with Crippen LogP contribution in [-0.4, -0.2) is 24.9 Å². The molecule has 0 saturated carbocycles. The summed E-state index contributed by atoms with van der Waals surface area (Å²) in [6, 6.07) is 9.58. The van der Waals surface area contributed by atoms with Gasteiger partial charge < -0.3 is 21.7 Å². The van der Waals surface area contributed by atoms with Gasteiger partial charge in [0.2, 0.25) is 11.8 Å². The molecule has 0 saturated heterocycles. The number of thiophene rings is 1. The Morgan fingerprint density at radius 1 is 1.12 bits per heavy atom. The van der Waals surface area contributed by atoms with E-state index in [1.807, 2.05) is 17.5 Å². The minimum Gasteiger partial charge on any atom is -0.359 e. The van der Waals surface area contributed by atoms with Crippen molar-refractivity contribution in [3.63, 3.8) is 0 Å². The quantitative estimate of drug-likeness (QED) is 0.603. The standard InChI is InChI=1S/C17H20N4O3S/c1-19-15(22)9-11-5-2-3-6-12(11)20-16(23)10-13(21-17(18)24)14-7-4-8-25-14/h2-8,13H,9-10H2,1H3,(H,19,22)(H,20,23)(H3,18,21,24)/t13-/m1/s1. The molecular formula is C17H20N4O3S. The molecule has 1 aromatic carbocycles. The van der Waals surface area contributed by atoms with E-state index in [9.17, 15) is 14.4 Å². The third kappa shape index (κ3) is 5.61. The second-order valence-electron chi connectivity index (χ2n) is 5.34. The number of carbonyl (C=O) groups excluding carboxylic acids is 3. The fourth-order valence-electron chi connectivity index (χ4n) is 2.33. The largest absolute Gasteiger partial charge is 0.359 e. The van der Waals surface area contributed by atoms with Crippen LogP contribution in [0.5, 0.6) is 0 Å². The van der Waals surface area contributed by atoms with Gasteiger partial charge in [0, 0.05) is 17.6 Å². The molecule has 0 aliphatic carbocycles. The minimum atomic E-state index is -0.689. The molecule has 25 heavy (non-hydrogen) atoms. The van der Waals surface area contributed by atoms with Crippen LogP contribution in [0.3, 0.4) is 0 Å². The van der Waals surface area contributed by atoms with Crippen molar-refractivity contribution in [2.75, 3.05) is 12.4 Å². The van der Waals surface area contributed by atoms with E-state index in [0.29, 0.717) is 11.3 Å². The first-order chi connectivity index (χ1) is 12.0. The fourth-order valence-corrected chi connectivity index (χ4v) is 3.11. The van der Waals surface area contributed by atoms with Crippen LogP contribution in [-0.2, 0) is 16.0 Å². The first-order valence-electron chi connectivity index (χ1n) is 7.67. The number of benzene rings is 1. The van der Waals surface area contributed by atoms with Crippen molar-refractivity contribution >= 4 is 34.9 Å². The molecule has 1 heterocycles. The van der Waals surface area contributed by atoms with Crippen LogP contribution in [0.4, 0.5) is 10.5 Å². The lowest BCUT2D eigenvalue weighted by molar-refractivity contribution is -0.120. The zero-order valence-corrected chi connectivity index (χ0v) is 14.6. The topological polar surface area (TPSA) is 113 Å². The van der Waals surface area contributed by atoms with Crippen LogP contribution < -0.4 is 21.7 Å². The van der Waals surface area contributed by atoms with Crippen LogP contribution in [0, 0.1) is 0 Å². The zero-order chi connectivity index (χ0) is 18.2. The zero-order valence-electron chi connectivity index (χ0n) is 13.7. The van der Waals surface area contributed by atoms with Gasteiger partial charge in [-0.05, 0) is 23.1 Å². The van der Waals surface area contributed by atoms with Gasteiger partial charge in [-0.3, -0.25) is 9.59 Å². The highest BCUT2D eigenvalue weighted by atomic mass is 32.1. The molecule has 8 heteroatoms. The number of hydrogen-bond donors (Lipinski definition) is 4. The number of nitrogens with one attached hydrogen (secondary N) is 3. The van der Waals surface area contributed by atoms with Crippen molar-refractivity contribution in [3.8, 4) is 0 Å². The van der Waals surface area contributed by atoms with Crippen LogP contribution in [0.25, 0.3) is 0 Å². The maximum absolute atomic E-state index is 12.4. The maximum Gasteiger partial charge on any atom is 0.312 e. The number of para-hydroxylation sites is 1. The molecular weight excluding hydrogens is 340 g/mol. The summed E-state index contributed by atoms with van der Waals surface area (Å²) >= 11 is 1.43. The normalized spacial score (nSPS) is 11.4. The van der Waals surface area contributed by atoms with Gasteiger partial charge in [0.05, 0.1) is 18.9 Å². The lowest BCUT2D eigenvalue weighted by atomic mass is 10.1. The van der Waals surface area contributed by atoms with Crippen molar-refractivity contribution in [1.29, 1.82) is 0 Å². The van der Waals surface area contributed by atoms with E-state index >= 15 is 0 Å². The predicted molar refractivity (Wildman–Crippen MR) is 97.2 cm³/mol. The summed E-state index contributed by atoms with van der Waals surface area (Å²) in [5.74, 6) is -0.426. The lowest BCUT2D eigenvalue weighted by Crippen LogP contribution is -2.35. The molecule has 0 aliphatic rings. The second kappa shape index (κ2) is 8.84. The van der Waals surface area contributed by atoms with Gasteiger partial charge >= 0.3 is 6.03 Å². The van der Waals surface area contributed by atoms with E-state index in [4.69, 9.17) is 5.73 Å². The third-order valence-corrected chi connectivity index (χ3v) is 4.50. The lowest BCUT2D eigenvalue weighted by Gasteiger charge is -2.17. The third-order valence-electron chi connectivity index (χ3n) is 3.51. The fraction of sp³-hybridized carbons (Fsp3) is 0.235. The van der Waals surface area contributed by atoms with Crippen molar-refractivity contribution in [2.24, 2.45) is 5.73 Å². The molecule has 7 nitrogen and oxygen atoms in total. The molecule has 0 radical (unpaired) electrons. The highest BCUT2D eigenvalue weighted by Gasteiger charge is 2.19. The molecule has 0 fully saturated rings. The SMILES string of the molecule is CNC(=O)Cc1ccccc1NC(=O)C[C@@H](NC(N)=O)c1cccs1. The van der Waals surface area contributed by atoms with Crippen molar-refractivity contribution in [2.45, 2.75) is 18.9 Å². The summed E-state index contributed by atoms with van der Waals surface area (Å²) in [7, 11) is 1.56. The number of rotatable bonds is 7. The molecule has 0 spiro atoms. The number of urea groups is 1. The molecule has 0 bridgehead atoms. The Balaban J connectivity index is 2.08. The molecule has 0 unspecified atom stereocenters. The van der Waals surface area contributed by atoms with Gasteiger partial charge in [0.1, 0.15) is 0 Å². The summed E-state index contributed by atoms with van der Waals surface area (Å²) in [6.07, 6.45) is 0.207. The monoisotopic (exact) mass is 360 g/mol. The smallest absolute Gasteiger partial charge is 0.312 e. The summed E-state index contributed by atoms with van der Waals surface area (Å²) < 4.78 is 0. The average Bonchev–Trinajstić information content (AvgIpc) is 3.10. The van der Waals surface area contributed by atoms with Crippen LogP contribution >= 0.6 is 11.3 Å². The van der Waals surface area contributed by atoms with Crippen molar-refractivity contribution in [3.05, 3.63) is 52.2 Å². The number of primary amides is 1. The Labute approximate surface area is 149 Å². The Morgan fingerprint density at radius 2 is 1.88 bits per heavy atom. The highest BCUT2D eigenvalue weighted by molar-refractivity contribution is 7.10. The molecule has 5 N–H and O–H groups in total. The molecule has 4 amide bonds. The molecule has 1 atom stereocenters. The van der Waals surface area contributed by atoms with Crippen molar-refractivity contribution < 1.29 is 14.4 Å². The Bertz CT molecular complexity index is 746. The highest BCUT2D eigenvalue weighted by Crippen LogP contribution is 2.23. The Morgan fingerprint density at radius 3 is 2.52 bits per heavy atom. The van der Waals surface area contributed by atoms with E-state index < -0.39 is 12.1 Å². The van der Waals surface area contributed by atoms with Gasteiger partial charge in [-0.2, -0.15) is 0 Å².